The van der Waals surface area contributed by atoms with Crippen LogP contribution in [0.1, 0.15) is 16.7 Å². The number of nitrogens with one attached hydrogen (secondary N) is 1. The van der Waals surface area contributed by atoms with Crippen molar-refractivity contribution in [3.05, 3.63) is 58.1 Å². The Morgan fingerprint density at radius 3 is 2.50 bits per heavy atom. The number of benzene rings is 2. The molecule has 0 spiro atoms. The molecule has 1 aliphatic heterocycles. The van der Waals surface area contributed by atoms with Gasteiger partial charge < -0.3 is 10.4 Å². The van der Waals surface area contributed by atoms with Crippen LogP contribution in [0.3, 0.4) is 0 Å². The molecule has 1 unspecified atom stereocenters. The summed E-state index contributed by atoms with van der Waals surface area (Å²) in [5.41, 5.74) is -2.99. The second-order valence-corrected chi connectivity index (χ2v) is 5.51. The normalized spacial score (nSPS) is 20.6. The summed E-state index contributed by atoms with van der Waals surface area (Å²) in [5, 5.41) is 12.7. The van der Waals surface area contributed by atoms with Gasteiger partial charge in [-0.1, -0.05) is 17.7 Å². The fourth-order valence-electron chi connectivity index (χ4n) is 2.59. The minimum atomic E-state index is -4.50. The molecule has 7 heteroatoms. The SMILES string of the molecule is Oc1ccc(Cl)cc1C1(F)CNc2cc(C(F)(F)F)ccc21. The largest absolute Gasteiger partial charge is 0.508 e. The van der Waals surface area contributed by atoms with E-state index in [-0.39, 0.29) is 34.1 Å². The van der Waals surface area contributed by atoms with Crippen LogP contribution in [0.4, 0.5) is 23.2 Å². The highest BCUT2D eigenvalue weighted by Crippen LogP contribution is 2.47. The second-order valence-electron chi connectivity index (χ2n) is 5.07. The van der Waals surface area contributed by atoms with Crippen molar-refractivity contribution in [1.29, 1.82) is 0 Å². The minimum Gasteiger partial charge on any atom is -0.508 e. The molecule has 3 rings (SSSR count). The third-order valence-corrected chi connectivity index (χ3v) is 3.92. The Balaban J connectivity index is 2.12. The van der Waals surface area contributed by atoms with Gasteiger partial charge in [0.25, 0.3) is 0 Å². The number of aromatic hydroxyl groups is 1. The maximum absolute atomic E-state index is 15.3. The van der Waals surface area contributed by atoms with Crippen LogP contribution in [0.2, 0.25) is 5.02 Å². The van der Waals surface area contributed by atoms with Crippen molar-refractivity contribution < 1.29 is 22.7 Å². The highest BCUT2D eigenvalue weighted by atomic mass is 35.5. The lowest BCUT2D eigenvalue weighted by Gasteiger charge is -2.22. The Bertz CT molecular complexity index is 747. The van der Waals surface area contributed by atoms with Gasteiger partial charge in [0.15, 0.2) is 5.67 Å². The van der Waals surface area contributed by atoms with Gasteiger partial charge in [-0.15, -0.1) is 0 Å². The highest BCUT2D eigenvalue weighted by molar-refractivity contribution is 6.30. The number of hydrogen-bond donors (Lipinski definition) is 2. The molecule has 0 saturated carbocycles. The zero-order chi connectivity index (χ0) is 16.1. The topological polar surface area (TPSA) is 32.3 Å². The number of anilines is 1. The predicted molar refractivity (Wildman–Crippen MR) is 74.9 cm³/mol. The van der Waals surface area contributed by atoms with Gasteiger partial charge in [-0.05, 0) is 30.3 Å². The summed E-state index contributed by atoms with van der Waals surface area (Å²) in [5.74, 6) is -0.304. The number of alkyl halides is 4. The molecule has 1 atom stereocenters. The minimum absolute atomic E-state index is 0.0399. The Morgan fingerprint density at radius 2 is 1.82 bits per heavy atom. The Hall–Kier alpha value is -1.95. The van der Waals surface area contributed by atoms with E-state index in [1.54, 1.807) is 0 Å². The smallest absolute Gasteiger partial charge is 0.416 e. The number of hydrogen-bond acceptors (Lipinski definition) is 2. The summed E-state index contributed by atoms with van der Waals surface area (Å²) >= 11 is 5.82. The van der Waals surface area contributed by atoms with Crippen molar-refractivity contribution in [3.63, 3.8) is 0 Å². The van der Waals surface area contributed by atoms with Gasteiger partial charge in [-0.2, -0.15) is 13.2 Å². The molecule has 2 N–H and O–H groups in total. The van der Waals surface area contributed by atoms with Crippen LogP contribution < -0.4 is 5.32 Å². The van der Waals surface area contributed by atoms with Gasteiger partial charge in [0.05, 0.1) is 12.1 Å². The first-order chi connectivity index (χ1) is 10.2. The van der Waals surface area contributed by atoms with E-state index in [9.17, 15) is 18.3 Å². The van der Waals surface area contributed by atoms with Gasteiger partial charge in [-0.25, -0.2) is 4.39 Å². The van der Waals surface area contributed by atoms with Gasteiger partial charge in [0.2, 0.25) is 0 Å². The van der Waals surface area contributed by atoms with Gasteiger partial charge in [0, 0.05) is 21.8 Å². The third-order valence-electron chi connectivity index (χ3n) is 3.68. The molecule has 22 heavy (non-hydrogen) atoms. The lowest BCUT2D eigenvalue weighted by Crippen LogP contribution is -2.24. The molecule has 2 aromatic carbocycles. The van der Waals surface area contributed by atoms with Crippen LogP contribution in [-0.4, -0.2) is 11.7 Å². The quantitative estimate of drug-likeness (QED) is 0.742. The number of phenolic OH excluding ortho intramolecular Hbond substituents is 1. The van der Waals surface area contributed by atoms with E-state index in [0.717, 1.165) is 18.2 Å². The molecular formula is C15H10ClF4NO. The molecule has 2 nitrogen and oxygen atoms in total. The van der Waals surface area contributed by atoms with Crippen molar-refractivity contribution in [1.82, 2.24) is 0 Å². The maximum Gasteiger partial charge on any atom is 0.416 e. The fourth-order valence-corrected chi connectivity index (χ4v) is 2.76. The van der Waals surface area contributed by atoms with Crippen LogP contribution in [-0.2, 0) is 11.8 Å². The number of halogens is 5. The van der Waals surface area contributed by atoms with Crippen molar-refractivity contribution in [2.24, 2.45) is 0 Å². The predicted octanol–water partition coefficient (Wildman–Crippen LogP) is 4.70. The summed E-state index contributed by atoms with van der Waals surface area (Å²) in [4.78, 5) is 0. The van der Waals surface area contributed by atoms with Crippen molar-refractivity contribution in [3.8, 4) is 5.75 Å². The lowest BCUT2D eigenvalue weighted by atomic mass is 9.88. The molecule has 2 aromatic rings. The van der Waals surface area contributed by atoms with E-state index >= 15 is 4.39 Å². The standard InChI is InChI=1S/C15H10ClF4NO/c16-9-2-4-13(22)11(6-9)14(17)7-21-12-5-8(15(18,19)20)1-3-10(12)14/h1-6,21-22H,7H2. The average Bonchev–Trinajstić information content (AvgIpc) is 2.79. The van der Waals surface area contributed by atoms with Crippen LogP contribution in [0.5, 0.6) is 5.75 Å². The summed E-state index contributed by atoms with van der Waals surface area (Å²) in [6, 6.07) is 6.69. The molecule has 0 saturated heterocycles. The first-order valence-electron chi connectivity index (χ1n) is 6.35. The first kappa shape index (κ1) is 15.0. The summed E-state index contributed by atoms with van der Waals surface area (Å²) < 4.78 is 53.5. The lowest BCUT2D eigenvalue weighted by molar-refractivity contribution is -0.137. The van der Waals surface area contributed by atoms with Gasteiger partial charge >= 0.3 is 6.18 Å². The highest BCUT2D eigenvalue weighted by Gasteiger charge is 2.44. The van der Waals surface area contributed by atoms with E-state index in [0.29, 0.717) is 0 Å². The monoisotopic (exact) mass is 331 g/mol. The third kappa shape index (κ3) is 2.27. The zero-order valence-electron chi connectivity index (χ0n) is 11.0. The van der Waals surface area contributed by atoms with E-state index in [1.165, 1.54) is 18.2 Å². The molecule has 1 heterocycles. The molecule has 0 fully saturated rings. The number of rotatable bonds is 1. The number of phenols is 1. The first-order valence-corrected chi connectivity index (χ1v) is 6.73. The van der Waals surface area contributed by atoms with Gasteiger partial charge in [0.1, 0.15) is 5.75 Å². The Morgan fingerprint density at radius 1 is 1.09 bits per heavy atom. The Labute approximate surface area is 128 Å². The van der Waals surface area contributed by atoms with E-state index in [4.69, 9.17) is 11.6 Å². The van der Waals surface area contributed by atoms with Crippen molar-refractivity contribution >= 4 is 17.3 Å². The van der Waals surface area contributed by atoms with E-state index < -0.39 is 17.4 Å². The van der Waals surface area contributed by atoms with Crippen molar-refractivity contribution in [2.75, 3.05) is 11.9 Å². The molecule has 116 valence electrons. The summed E-state index contributed by atoms with van der Waals surface area (Å²) in [6.07, 6.45) is -4.50. The number of fused-ring (bicyclic) bond motifs is 1. The van der Waals surface area contributed by atoms with E-state index in [2.05, 4.69) is 5.32 Å². The maximum atomic E-state index is 15.3. The fraction of sp³-hybridized carbons (Fsp3) is 0.200. The average molecular weight is 332 g/mol. The molecule has 0 aromatic heterocycles. The molecule has 0 bridgehead atoms. The Kier molecular flexibility index (Phi) is 3.25. The molecular weight excluding hydrogens is 322 g/mol. The van der Waals surface area contributed by atoms with Gasteiger partial charge in [-0.3, -0.25) is 0 Å². The zero-order valence-corrected chi connectivity index (χ0v) is 11.8. The molecule has 1 aliphatic rings. The van der Waals surface area contributed by atoms with Crippen LogP contribution in [0, 0.1) is 0 Å². The van der Waals surface area contributed by atoms with Crippen LogP contribution in [0.15, 0.2) is 36.4 Å². The van der Waals surface area contributed by atoms with E-state index in [1.807, 2.05) is 0 Å². The molecule has 0 amide bonds. The van der Waals surface area contributed by atoms with Crippen molar-refractivity contribution in [2.45, 2.75) is 11.8 Å². The van der Waals surface area contributed by atoms with Crippen LogP contribution in [0.25, 0.3) is 0 Å². The second kappa shape index (κ2) is 4.78. The van der Waals surface area contributed by atoms with Crippen LogP contribution >= 0.6 is 11.6 Å². The summed E-state index contributed by atoms with van der Waals surface area (Å²) in [6.45, 7) is -0.280. The molecule has 0 radical (unpaired) electrons. The molecule has 0 aliphatic carbocycles. The summed E-state index contributed by atoms with van der Waals surface area (Å²) in [7, 11) is 0.